The third-order valence-corrected chi connectivity index (χ3v) is 3.35. The van der Waals surface area contributed by atoms with E-state index in [4.69, 9.17) is 21.1 Å². The van der Waals surface area contributed by atoms with Crippen molar-refractivity contribution in [3.63, 3.8) is 0 Å². The van der Waals surface area contributed by atoms with Gasteiger partial charge in [-0.3, -0.25) is 0 Å². The lowest BCUT2D eigenvalue weighted by atomic mass is 10.2. The number of nitrogens with one attached hydrogen (secondary N) is 2. The lowest BCUT2D eigenvalue weighted by Crippen LogP contribution is -2.21. The van der Waals surface area contributed by atoms with Crippen LogP contribution >= 0.6 is 11.6 Å². The predicted octanol–water partition coefficient (Wildman–Crippen LogP) is 4.25. The Morgan fingerprint density at radius 1 is 0.955 bits per heavy atom. The van der Waals surface area contributed by atoms with Crippen LogP contribution in [0.2, 0.25) is 5.02 Å². The van der Waals surface area contributed by atoms with Gasteiger partial charge >= 0.3 is 0 Å². The van der Waals surface area contributed by atoms with Crippen LogP contribution in [0.25, 0.3) is 0 Å². The van der Waals surface area contributed by atoms with Crippen LogP contribution in [0.4, 0.5) is 5.69 Å². The Kier molecular flexibility index (Phi) is 6.37. The first kappa shape index (κ1) is 16.5. The molecule has 0 aliphatic carbocycles. The van der Waals surface area contributed by atoms with Crippen molar-refractivity contribution < 1.29 is 9.47 Å². The molecule has 0 aliphatic rings. The molecule has 0 aromatic heterocycles. The number of para-hydroxylation sites is 1. The molecule has 2 aromatic carbocycles. The van der Waals surface area contributed by atoms with Crippen LogP contribution in [0.1, 0.15) is 19.4 Å². The van der Waals surface area contributed by atoms with Crippen LogP contribution in [0, 0.1) is 0 Å². The van der Waals surface area contributed by atoms with E-state index < -0.39 is 0 Å². The number of hydrogen-bond donors (Lipinski definition) is 2. The number of rotatable bonds is 8. The maximum absolute atomic E-state index is 6.32. The fraction of sp³-hybridized carbons (Fsp3) is 0.294. The van der Waals surface area contributed by atoms with E-state index in [2.05, 4.69) is 10.9 Å². The van der Waals surface area contributed by atoms with Gasteiger partial charge in [-0.15, -0.1) is 0 Å². The summed E-state index contributed by atoms with van der Waals surface area (Å²) in [6.07, 6.45) is 0. The Balaban J connectivity index is 2.05. The van der Waals surface area contributed by atoms with E-state index in [0.717, 1.165) is 11.3 Å². The first-order chi connectivity index (χ1) is 10.7. The summed E-state index contributed by atoms with van der Waals surface area (Å²) in [5.41, 5.74) is 8.22. The van der Waals surface area contributed by atoms with Gasteiger partial charge in [-0.25, -0.2) is 5.43 Å². The third kappa shape index (κ3) is 4.55. The highest BCUT2D eigenvalue weighted by atomic mass is 35.5. The van der Waals surface area contributed by atoms with Gasteiger partial charge < -0.3 is 14.9 Å². The summed E-state index contributed by atoms with van der Waals surface area (Å²) in [4.78, 5) is 0. The second-order valence-electron chi connectivity index (χ2n) is 4.60. The minimum absolute atomic E-state index is 0.570. The van der Waals surface area contributed by atoms with E-state index in [1.165, 1.54) is 0 Å². The average Bonchev–Trinajstić information content (AvgIpc) is 2.53. The van der Waals surface area contributed by atoms with Crippen LogP contribution in [0.5, 0.6) is 11.5 Å². The molecule has 2 N–H and O–H groups in total. The summed E-state index contributed by atoms with van der Waals surface area (Å²) in [6, 6.07) is 13.6. The first-order valence-corrected chi connectivity index (χ1v) is 7.74. The Bertz CT molecular complexity index is 591. The molecule has 0 saturated heterocycles. The highest BCUT2D eigenvalue weighted by molar-refractivity contribution is 6.31. The normalized spacial score (nSPS) is 10.3. The maximum Gasteiger partial charge on any atom is 0.162 e. The monoisotopic (exact) mass is 320 g/mol. The van der Waals surface area contributed by atoms with Gasteiger partial charge in [0, 0.05) is 23.3 Å². The van der Waals surface area contributed by atoms with Gasteiger partial charge in [-0.05, 0) is 37.6 Å². The molecule has 0 spiro atoms. The van der Waals surface area contributed by atoms with Crippen molar-refractivity contribution in [2.24, 2.45) is 0 Å². The molecule has 0 saturated carbocycles. The van der Waals surface area contributed by atoms with Crippen molar-refractivity contribution in [2.45, 2.75) is 20.4 Å². The summed E-state index contributed by atoms with van der Waals surface area (Å²) in [7, 11) is 0. The predicted molar refractivity (Wildman–Crippen MR) is 90.7 cm³/mol. The van der Waals surface area contributed by atoms with Gasteiger partial charge in [0.05, 0.1) is 13.2 Å². The zero-order chi connectivity index (χ0) is 15.8. The summed E-state index contributed by atoms with van der Waals surface area (Å²) < 4.78 is 11.2. The van der Waals surface area contributed by atoms with Crippen molar-refractivity contribution in [1.29, 1.82) is 0 Å². The quantitative estimate of drug-likeness (QED) is 0.713. The molecule has 22 heavy (non-hydrogen) atoms. The second kappa shape index (κ2) is 8.51. The lowest BCUT2D eigenvalue weighted by Gasteiger charge is -2.15. The average molecular weight is 321 g/mol. The SMILES string of the molecule is CCOc1cc(Cl)c(CNNc2ccccc2)cc1OCC. The Labute approximate surface area is 136 Å². The van der Waals surface area contributed by atoms with Gasteiger partial charge in [-0.1, -0.05) is 29.8 Å². The fourth-order valence-electron chi connectivity index (χ4n) is 2.01. The van der Waals surface area contributed by atoms with Crippen LogP contribution in [0.15, 0.2) is 42.5 Å². The van der Waals surface area contributed by atoms with E-state index in [1.807, 2.05) is 50.2 Å². The number of benzene rings is 2. The third-order valence-electron chi connectivity index (χ3n) is 3.00. The van der Waals surface area contributed by atoms with Crippen LogP contribution in [0.3, 0.4) is 0 Å². The van der Waals surface area contributed by atoms with Gasteiger partial charge in [0.1, 0.15) is 0 Å². The molecule has 0 unspecified atom stereocenters. The first-order valence-electron chi connectivity index (χ1n) is 7.36. The molecule has 0 aliphatic heterocycles. The van der Waals surface area contributed by atoms with Crippen molar-refractivity contribution in [1.82, 2.24) is 5.43 Å². The zero-order valence-electron chi connectivity index (χ0n) is 12.9. The molecule has 0 fully saturated rings. The maximum atomic E-state index is 6.32. The van der Waals surface area contributed by atoms with Gasteiger partial charge in [0.2, 0.25) is 0 Å². The number of hydrogen-bond acceptors (Lipinski definition) is 4. The number of hydrazine groups is 1. The van der Waals surface area contributed by atoms with Crippen molar-refractivity contribution in [2.75, 3.05) is 18.6 Å². The fourth-order valence-corrected chi connectivity index (χ4v) is 2.23. The molecule has 0 amide bonds. The van der Waals surface area contributed by atoms with Gasteiger partial charge in [0.25, 0.3) is 0 Å². The molecule has 4 nitrogen and oxygen atoms in total. The Morgan fingerprint density at radius 2 is 1.59 bits per heavy atom. The summed E-state index contributed by atoms with van der Waals surface area (Å²) in [5, 5.41) is 0.647. The van der Waals surface area contributed by atoms with Crippen LogP contribution < -0.4 is 20.3 Å². The number of anilines is 1. The smallest absolute Gasteiger partial charge is 0.162 e. The largest absolute Gasteiger partial charge is 0.490 e. The van der Waals surface area contributed by atoms with E-state index in [9.17, 15) is 0 Å². The molecule has 5 heteroatoms. The molecule has 0 atom stereocenters. The van der Waals surface area contributed by atoms with E-state index in [0.29, 0.717) is 36.3 Å². The standard InChI is InChI=1S/C17H21ClN2O2/c1-3-21-16-10-13(15(18)11-17(16)22-4-2)12-19-20-14-8-6-5-7-9-14/h5-11,19-20H,3-4,12H2,1-2H3. The highest BCUT2D eigenvalue weighted by Gasteiger charge is 2.10. The second-order valence-corrected chi connectivity index (χ2v) is 5.01. The Hall–Kier alpha value is -1.91. The summed E-state index contributed by atoms with van der Waals surface area (Å²) >= 11 is 6.32. The van der Waals surface area contributed by atoms with Crippen molar-refractivity contribution >= 4 is 17.3 Å². The lowest BCUT2D eigenvalue weighted by molar-refractivity contribution is 0.287. The molecule has 0 radical (unpaired) electrons. The minimum atomic E-state index is 0.570. The van der Waals surface area contributed by atoms with E-state index in [1.54, 1.807) is 6.07 Å². The molecule has 2 rings (SSSR count). The van der Waals surface area contributed by atoms with E-state index in [-0.39, 0.29) is 0 Å². The van der Waals surface area contributed by atoms with Crippen molar-refractivity contribution in [3.05, 3.63) is 53.1 Å². The molecule has 0 heterocycles. The summed E-state index contributed by atoms with van der Waals surface area (Å²) in [6.45, 7) is 5.60. The molecular weight excluding hydrogens is 300 g/mol. The number of ether oxygens (including phenoxy) is 2. The van der Waals surface area contributed by atoms with Crippen molar-refractivity contribution in [3.8, 4) is 11.5 Å². The molecule has 118 valence electrons. The zero-order valence-corrected chi connectivity index (χ0v) is 13.6. The molecular formula is C17H21ClN2O2. The van der Waals surface area contributed by atoms with E-state index >= 15 is 0 Å². The minimum Gasteiger partial charge on any atom is -0.490 e. The Morgan fingerprint density at radius 3 is 2.23 bits per heavy atom. The molecule has 0 bridgehead atoms. The summed E-state index contributed by atoms with van der Waals surface area (Å²) in [5.74, 6) is 1.39. The van der Waals surface area contributed by atoms with Gasteiger partial charge in [-0.2, -0.15) is 0 Å². The van der Waals surface area contributed by atoms with Gasteiger partial charge in [0.15, 0.2) is 11.5 Å². The highest BCUT2D eigenvalue weighted by Crippen LogP contribution is 2.33. The number of halogens is 1. The van der Waals surface area contributed by atoms with Crippen LogP contribution in [-0.4, -0.2) is 13.2 Å². The van der Waals surface area contributed by atoms with Crippen LogP contribution in [-0.2, 0) is 6.54 Å². The molecule has 2 aromatic rings. The topological polar surface area (TPSA) is 42.5 Å².